The third-order valence-corrected chi connectivity index (χ3v) is 3.73. The first-order valence-electron chi connectivity index (χ1n) is 7.26. The molecule has 1 saturated carbocycles. The van der Waals surface area contributed by atoms with E-state index in [-0.39, 0.29) is 11.2 Å². The van der Waals surface area contributed by atoms with E-state index >= 15 is 0 Å². The summed E-state index contributed by atoms with van der Waals surface area (Å²) in [6.07, 6.45) is 7.47. The molecule has 0 unspecified atom stereocenters. The number of nitrogens with one attached hydrogen (secondary N) is 1. The summed E-state index contributed by atoms with van der Waals surface area (Å²) in [7, 11) is 0. The van der Waals surface area contributed by atoms with Crippen molar-refractivity contribution in [3.63, 3.8) is 0 Å². The van der Waals surface area contributed by atoms with Gasteiger partial charge in [-0.25, -0.2) is 4.79 Å². The molecule has 0 bridgehead atoms. The minimum absolute atomic E-state index is 0.192. The second kappa shape index (κ2) is 6.70. The molecule has 106 valence electrons. The van der Waals surface area contributed by atoms with E-state index in [9.17, 15) is 9.59 Å². The summed E-state index contributed by atoms with van der Waals surface area (Å²) in [6, 6.07) is 2.05. The van der Waals surface area contributed by atoms with Crippen LogP contribution in [0.2, 0.25) is 0 Å². The van der Waals surface area contributed by atoms with E-state index in [1.807, 2.05) is 6.92 Å². The zero-order chi connectivity index (χ0) is 13.7. The standard InChI is InChI=1S/C14H23N3O2/c1-2-9-16-10-7-13(18)17(14(16)19)11-8-15-12-5-3-4-6-12/h7,10,12,15H,2-6,8-9,11H2,1H3. The van der Waals surface area contributed by atoms with Gasteiger partial charge in [0.15, 0.2) is 0 Å². The highest BCUT2D eigenvalue weighted by Crippen LogP contribution is 2.17. The first-order chi connectivity index (χ1) is 9.22. The van der Waals surface area contributed by atoms with E-state index in [0.29, 0.717) is 25.7 Å². The number of nitrogens with zero attached hydrogens (tertiary/aromatic N) is 2. The molecule has 0 saturated heterocycles. The molecule has 1 aliphatic carbocycles. The molecule has 1 aliphatic rings. The minimum atomic E-state index is -0.203. The molecule has 2 rings (SSSR count). The van der Waals surface area contributed by atoms with E-state index in [2.05, 4.69) is 5.32 Å². The van der Waals surface area contributed by atoms with Gasteiger partial charge in [0.2, 0.25) is 0 Å². The maximum Gasteiger partial charge on any atom is 0.331 e. The van der Waals surface area contributed by atoms with Crippen molar-refractivity contribution in [2.24, 2.45) is 0 Å². The van der Waals surface area contributed by atoms with Gasteiger partial charge in [0.1, 0.15) is 0 Å². The molecule has 1 N–H and O–H groups in total. The summed E-state index contributed by atoms with van der Waals surface area (Å²) in [4.78, 5) is 23.9. The summed E-state index contributed by atoms with van der Waals surface area (Å²) < 4.78 is 2.94. The maximum atomic E-state index is 12.1. The second-order valence-electron chi connectivity index (χ2n) is 5.22. The Morgan fingerprint density at radius 3 is 2.68 bits per heavy atom. The lowest BCUT2D eigenvalue weighted by atomic mass is 10.2. The molecular weight excluding hydrogens is 242 g/mol. The van der Waals surface area contributed by atoms with Crippen molar-refractivity contribution >= 4 is 0 Å². The van der Waals surface area contributed by atoms with Crippen molar-refractivity contribution in [3.8, 4) is 0 Å². The largest absolute Gasteiger partial charge is 0.331 e. The molecule has 0 aromatic carbocycles. The van der Waals surface area contributed by atoms with Gasteiger partial charge in [-0.1, -0.05) is 19.8 Å². The fourth-order valence-corrected chi connectivity index (χ4v) is 2.68. The van der Waals surface area contributed by atoms with Crippen LogP contribution in [0.15, 0.2) is 21.9 Å². The average molecular weight is 265 g/mol. The van der Waals surface area contributed by atoms with Gasteiger partial charge in [0.25, 0.3) is 5.56 Å². The van der Waals surface area contributed by atoms with Crippen LogP contribution in [0.4, 0.5) is 0 Å². The van der Waals surface area contributed by atoms with Crippen LogP contribution in [0.25, 0.3) is 0 Å². The Bertz CT molecular complexity index is 512. The topological polar surface area (TPSA) is 56.0 Å². The fraction of sp³-hybridized carbons (Fsp3) is 0.714. The van der Waals surface area contributed by atoms with Crippen LogP contribution in [-0.4, -0.2) is 21.7 Å². The number of aryl methyl sites for hydroxylation is 1. The molecule has 0 spiro atoms. The SMILES string of the molecule is CCCn1ccc(=O)n(CCNC2CCCC2)c1=O. The predicted molar refractivity (Wildman–Crippen MR) is 75.5 cm³/mol. The van der Waals surface area contributed by atoms with Gasteiger partial charge in [-0.05, 0) is 19.3 Å². The van der Waals surface area contributed by atoms with Crippen LogP contribution in [0.3, 0.4) is 0 Å². The molecule has 0 radical (unpaired) electrons. The van der Waals surface area contributed by atoms with E-state index in [1.54, 1.807) is 10.8 Å². The lowest BCUT2D eigenvalue weighted by Gasteiger charge is -2.13. The molecule has 19 heavy (non-hydrogen) atoms. The fourth-order valence-electron chi connectivity index (χ4n) is 2.68. The smallest absolute Gasteiger partial charge is 0.312 e. The van der Waals surface area contributed by atoms with Crippen molar-refractivity contribution in [1.82, 2.24) is 14.5 Å². The number of aromatic nitrogens is 2. The van der Waals surface area contributed by atoms with Crippen LogP contribution < -0.4 is 16.6 Å². The van der Waals surface area contributed by atoms with Crippen LogP contribution >= 0.6 is 0 Å². The maximum absolute atomic E-state index is 12.1. The van der Waals surface area contributed by atoms with Gasteiger partial charge in [-0.3, -0.25) is 9.36 Å². The summed E-state index contributed by atoms with van der Waals surface area (Å²) >= 11 is 0. The molecule has 0 amide bonds. The quantitative estimate of drug-likeness (QED) is 0.833. The van der Waals surface area contributed by atoms with Crippen LogP contribution in [0.1, 0.15) is 39.0 Å². The Hall–Kier alpha value is -1.36. The minimum Gasteiger partial charge on any atom is -0.312 e. The number of hydrogen-bond acceptors (Lipinski definition) is 3. The summed E-state index contributed by atoms with van der Waals surface area (Å²) in [5.74, 6) is 0. The van der Waals surface area contributed by atoms with Crippen molar-refractivity contribution < 1.29 is 0 Å². The first-order valence-corrected chi connectivity index (χ1v) is 7.26. The Kier molecular flexibility index (Phi) is 4.96. The van der Waals surface area contributed by atoms with Gasteiger partial charge in [-0.2, -0.15) is 0 Å². The van der Waals surface area contributed by atoms with Crippen LogP contribution in [0.5, 0.6) is 0 Å². The average Bonchev–Trinajstić information content (AvgIpc) is 2.90. The van der Waals surface area contributed by atoms with Crippen molar-refractivity contribution in [1.29, 1.82) is 0 Å². The highest BCUT2D eigenvalue weighted by Gasteiger charge is 2.14. The Balaban J connectivity index is 2.00. The highest BCUT2D eigenvalue weighted by molar-refractivity contribution is 4.86. The highest BCUT2D eigenvalue weighted by atomic mass is 16.2. The first kappa shape index (κ1) is 14.1. The lowest BCUT2D eigenvalue weighted by Crippen LogP contribution is -2.42. The molecule has 1 fully saturated rings. The van der Waals surface area contributed by atoms with Gasteiger partial charge in [-0.15, -0.1) is 0 Å². The monoisotopic (exact) mass is 265 g/mol. The summed E-state index contributed by atoms with van der Waals surface area (Å²) in [5, 5.41) is 3.43. The molecular formula is C14H23N3O2. The molecule has 0 atom stereocenters. The molecule has 1 aromatic heterocycles. The lowest BCUT2D eigenvalue weighted by molar-refractivity contribution is 0.472. The van der Waals surface area contributed by atoms with Gasteiger partial charge in [0.05, 0.1) is 0 Å². The third kappa shape index (κ3) is 3.56. The Morgan fingerprint density at radius 2 is 2.00 bits per heavy atom. The van der Waals surface area contributed by atoms with Crippen molar-refractivity contribution in [2.75, 3.05) is 6.54 Å². The van der Waals surface area contributed by atoms with E-state index in [1.165, 1.54) is 36.3 Å². The second-order valence-corrected chi connectivity index (χ2v) is 5.22. The molecule has 5 nitrogen and oxygen atoms in total. The Morgan fingerprint density at radius 1 is 1.26 bits per heavy atom. The summed E-state index contributed by atoms with van der Waals surface area (Å²) in [5.41, 5.74) is -0.395. The van der Waals surface area contributed by atoms with Crippen LogP contribution in [0, 0.1) is 0 Å². The zero-order valence-corrected chi connectivity index (χ0v) is 11.6. The van der Waals surface area contributed by atoms with Gasteiger partial charge >= 0.3 is 5.69 Å². The van der Waals surface area contributed by atoms with Gasteiger partial charge in [0, 0.05) is 37.9 Å². The predicted octanol–water partition coefficient (Wildman–Crippen LogP) is 0.952. The molecule has 0 aliphatic heterocycles. The Labute approximate surface area is 113 Å². The molecule has 5 heteroatoms. The third-order valence-electron chi connectivity index (χ3n) is 3.73. The van der Waals surface area contributed by atoms with E-state index in [0.717, 1.165) is 6.42 Å². The van der Waals surface area contributed by atoms with Crippen LogP contribution in [-0.2, 0) is 13.1 Å². The van der Waals surface area contributed by atoms with Crippen molar-refractivity contribution in [2.45, 2.75) is 58.2 Å². The number of rotatable bonds is 6. The zero-order valence-electron chi connectivity index (χ0n) is 11.6. The van der Waals surface area contributed by atoms with Crippen molar-refractivity contribution in [3.05, 3.63) is 33.1 Å². The normalized spacial score (nSPS) is 16.1. The molecule has 1 heterocycles. The molecule has 1 aromatic rings. The number of hydrogen-bond donors (Lipinski definition) is 1. The summed E-state index contributed by atoms with van der Waals surface area (Å²) in [6.45, 7) is 3.83. The van der Waals surface area contributed by atoms with Gasteiger partial charge < -0.3 is 9.88 Å². The van der Waals surface area contributed by atoms with E-state index in [4.69, 9.17) is 0 Å². The van der Waals surface area contributed by atoms with E-state index < -0.39 is 0 Å².